The van der Waals surface area contributed by atoms with Crippen molar-refractivity contribution >= 4 is 39.3 Å². The van der Waals surface area contributed by atoms with Crippen LogP contribution in [0.25, 0.3) is 0 Å². The summed E-state index contributed by atoms with van der Waals surface area (Å²) in [7, 11) is 1.66. The Hall–Kier alpha value is -0.810. The number of ether oxygens (including phenoxy) is 1. The third-order valence-electron chi connectivity index (χ3n) is 3.93. The van der Waals surface area contributed by atoms with Crippen molar-refractivity contribution in [3.05, 3.63) is 32.9 Å². The Morgan fingerprint density at radius 2 is 2.18 bits per heavy atom. The van der Waals surface area contributed by atoms with E-state index in [1.165, 1.54) is 0 Å². The van der Waals surface area contributed by atoms with Crippen LogP contribution in [0.1, 0.15) is 39.5 Å². The van der Waals surface area contributed by atoms with Crippen LogP contribution >= 0.6 is 27.7 Å². The summed E-state index contributed by atoms with van der Waals surface area (Å²) in [5.41, 5.74) is 1.15. The van der Waals surface area contributed by atoms with E-state index in [0.717, 1.165) is 33.6 Å². The largest absolute Gasteiger partial charge is 0.500 e. The summed E-state index contributed by atoms with van der Waals surface area (Å²) in [5, 5.41) is 0.247. The summed E-state index contributed by atoms with van der Waals surface area (Å²) in [6, 6.07) is 0. The molecule has 0 amide bonds. The van der Waals surface area contributed by atoms with Crippen molar-refractivity contribution < 1.29 is 14.3 Å². The van der Waals surface area contributed by atoms with Crippen LogP contribution in [0.15, 0.2) is 32.9 Å². The van der Waals surface area contributed by atoms with E-state index in [-0.39, 0.29) is 22.7 Å². The Morgan fingerprint density at radius 3 is 2.82 bits per heavy atom. The number of thioether (sulfide) groups is 1. The number of methoxy groups -OCH3 is 1. The molecule has 0 N–H and O–H groups in total. The molecule has 3 nitrogen and oxygen atoms in total. The van der Waals surface area contributed by atoms with Crippen LogP contribution in [0.3, 0.4) is 0 Å². The number of Topliss-reactive ketones (excluding diaryl/α,β-unsaturated/α-hetero) is 2. The molecule has 0 aromatic carbocycles. The number of halogens is 1. The minimum Gasteiger partial charge on any atom is -0.500 e. The minimum atomic E-state index is -0.190. The quantitative estimate of drug-likeness (QED) is 0.646. The first-order chi connectivity index (χ1) is 10.5. The van der Waals surface area contributed by atoms with Gasteiger partial charge in [0.25, 0.3) is 0 Å². The number of rotatable bonds is 7. The Bertz CT molecular complexity index is 574. The normalized spacial score (nSPS) is 21.9. The number of hydrogen-bond donors (Lipinski definition) is 0. The lowest BCUT2D eigenvalue weighted by atomic mass is 9.96. The molecule has 120 valence electrons. The van der Waals surface area contributed by atoms with Crippen molar-refractivity contribution in [2.75, 3.05) is 7.11 Å². The maximum absolute atomic E-state index is 12.4. The van der Waals surface area contributed by atoms with Gasteiger partial charge in [-0.05, 0) is 40.1 Å². The highest BCUT2D eigenvalue weighted by Gasteiger charge is 2.32. The van der Waals surface area contributed by atoms with Crippen molar-refractivity contribution in [3.8, 4) is 0 Å². The zero-order valence-electron chi connectivity index (χ0n) is 13.1. The van der Waals surface area contributed by atoms with Gasteiger partial charge in [-0.1, -0.05) is 13.8 Å². The van der Waals surface area contributed by atoms with Gasteiger partial charge in [0, 0.05) is 30.4 Å². The molecule has 0 spiro atoms. The second kappa shape index (κ2) is 7.64. The first kappa shape index (κ1) is 17.5. The van der Waals surface area contributed by atoms with Gasteiger partial charge in [-0.25, -0.2) is 0 Å². The molecule has 0 saturated heterocycles. The highest BCUT2D eigenvalue weighted by atomic mass is 79.9. The van der Waals surface area contributed by atoms with Crippen LogP contribution in [0.5, 0.6) is 0 Å². The smallest absolute Gasteiger partial charge is 0.169 e. The van der Waals surface area contributed by atoms with E-state index >= 15 is 0 Å². The number of ketones is 2. The van der Waals surface area contributed by atoms with E-state index < -0.39 is 0 Å². The molecule has 1 aliphatic carbocycles. The highest BCUT2D eigenvalue weighted by Crippen LogP contribution is 2.45. The fourth-order valence-electron chi connectivity index (χ4n) is 2.60. The summed E-state index contributed by atoms with van der Waals surface area (Å²) in [4.78, 5) is 25.0. The molecule has 1 unspecified atom stereocenters. The van der Waals surface area contributed by atoms with Crippen LogP contribution in [-0.4, -0.2) is 23.9 Å². The lowest BCUT2D eigenvalue weighted by Gasteiger charge is -2.19. The monoisotopic (exact) mass is 384 g/mol. The van der Waals surface area contributed by atoms with E-state index in [1.54, 1.807) is 18.9 Å². The lowest BCUT2D eigenvalue weighted by molar-refractivity contribution is -0.126. The summed E-state index contributed by atoms with van der Waals surface area (Å²) in [6.45, 7) is 3.83. The van der Waals surface area contributed by atoms with Gasteiger partial charge in [-0.15, -0.1) is 11.8 Å². The molecule has 22 heavy (non-hydrogen) atoms. The molecule has 0 bridgehead atoms. The molecular weight excluding hydrogens is 364 g/mol. The molecular formula is C17H21BrO3S. The van der Waals surface area contributed by atoms with Gasteiger partial charge in [0.05, 0.1) is 16.5 Å². The summed E-state index contributed by atoms with van der Waals surface area (Å²) in [5.74, 6) is 0.981. The van der Waals surface area contributed by atoms with E-state index in [1.807, 2.05) is 26.0 Å². The first-order valence-electron chi connectivity index (χ1n) is 7.54. The molecule has 2 rings (SSSR count). The molecule has 0 aromatic heterocycles. The third kappa shape index (κ3) is 3.93. The SMILES string of the molecule is CCCC(=O)[C@@H](C)CC(=O)C1=CC2=CC(Br)=C(OC)CC2S1. The number of fused-ring (bicyclic) bond motifs is 1. The van der Waals surface area contributed by atoms with Crippen molar-refractivity contribution in [1.82, 2.24) is 0 Å². The Labute approximate surface area is 144 Å². The summed E-state index contributed by atoms with van der Waals surface area (Å²) < 4.78 is 6.30. The van der Waals surface area contributed by atoms with Crippen LogP contribution in [-0.2, 0) is 14.3 Å². The summed E-state index contributed by atoms with van der Waals surface area (Å²) >= 11 is 5.08. The third-order valence-corrected chi connectivity index (χ3v) is 5.92. The van der Waals surface area contributed by atoms with Gasteiger partial charge in [0.1, 0.15) is 11.5 Å². The fourth-order valence-corrected chi connectivity index (χ4v) is 4.42. The van der Waals surface area contributed by atoms with Gasteiger partial charge in [-0.3, -0.25) is 9.59 Å². The van der Waals surface area contributed by atoms with Crippen molar-refractivity contribution in [2.24, 2.45) is 5.92 Å². The maximum Gasteiger partial charge on any atom is 0.169 e. The zero-order valence-corrected chi connectivity index (χ0v) is 15.6. The van der Waals surface area contributed by atoms with E-state index in [0.29, 0.717) is 12.8 Å². The molecule has 2 aliphatic rings. The molecule has 2 atom stereocenters. The molecule has 1 heterocycles. The zero-order chi connectivity index (χ0) is 16.3. The predicted octanol–water partition coefficient (Wildman–Crippen LogP) is 4.53. The summed E-state index contributed by atoms with van der Waals surface area (Å²) in [6.07, 6.45) is 6.47. The average molecular weight is 385 g/mol. The van der Waals surface area contributed by atoms with Crippen LogP contribution < -0.4 is 0 Å². The molecule has 1 aliphatic heterocycles. The molecule has 0 aromatic rings. The molecule has 0 radical (unpaired) electrons. The van der Waals surface area contributed by atoms with Crippen molar-refractivity contribution in [1.29, 1.82) is 0 Å². The van der Waals surface area contributed by atoms with Gasteiger partial charge in [0.2, 0.25) is 0 Å². The van der Waals surface area contributed by atoms with Crippen LogP contribution in [0.4, 0.5) is 0 Å². The second-order valence-corrected chi connectivity index (χ2v) is 7.78. The average Bonchev–Trinajstić information content (AvgIpc) is 2.89. The second-order valence-electron chi connectivity index (χ2n) is 5.68. The topological polar surface area (TPSA) is 43.4 Å². The molecule has 5 heteroatoms. The van der Waals surface area contributed by atoms with Crippen molar-refractivity contribution in [2.45, 2.75) is 44.8 Å². The predicted molar refractivity (Wildman–Crippen MR) is 93.8 cm³/mol. The standard InChI is InChI=1S/C17H21BrO3S/c1-4-5-13(19)10(2)6-14(20)17-8-11-7-12(18)15(21-3)9-16(11)22-17/h7-8,10,16H,4-6,9H2,1-3H3/t10-,16?/m0/s1. The minimum absolute atomic E-state index is 0.0762. The Balaban J connectivity index is 2.02. The maximum atomic E-state index is 12.4. The molecule has 0 saturated carbocycles. The van der Waals surface area contributed by atoms with Crippen LogP contribution in [0.2, 0.25) is 0 Å². The fraction of sp³-hybridized carbons (Fsp3) is 0.529. The van der Waals surface area contributed by atoms with E-state index in [9.17, 15) is 9.59 Å². The first-order valence-corrected chi connectivity index (χ1v) is 9.22. The number of hydrogen-bond acceptors (Lipinski definition) is 4. The van der Waals surface area contributed by atoms with Gasteiger partial charge in [-0.2, -0.15) is 0 Å². The number of carbonyl (C=O) groups excluding carboxylic acids is 2. The van der Waals surface area contributed by atoms with Crippen molar-refractivity contribution in [3.63, 3.8) is 0 Å². The Kier molecular flexibility index (Phi) is 6.09. The van der Waals surface area contributed by atoms with Crippen LogP contribution in [0, 0.1) is 5.92 Å². The van der Waals surface area contributed by atoms with E-state index in [2.05, 4.69) is 15.9 Å². The Morgan fingerprint density at radius 1 is 1.45 bits per heavy atom. The lowest BCUT2D eigenvalue weighted by Crippen LogP contribution is -2.15. The highest BCUT2D eigenvalue weighted by molar-refractivity contribution is 9.11. The van der Waals surface area contributed by atoms with Gasteiger partial charge < -0.3 is 4.74 Å². The van der Waals surface area contributed by atoms with Gasteiger partial charge in [0.15, 0.2) is 5.78 Å². The number of allylic oxidation sites excluding steroid dienone is 5. The van der Waals surface area contributed by atoms with E-state index in [4.69, 9.17) is 4.74 Å². The number of carbonyl (C=O) groups is 2. The van der Waals surface area contributed by atoms with Gasteiger partial charge >= 0.3 is 0 Å². The molecule has 0 fully saturated rings.